The second kappa shape index (κ2) is 5.86. The van der Waals surface area contributed by atoms with E-state index in [0.29, 0.717) is 16.1 Å². The van der Waals surface area contributed by atoms with Crippen LogP contribution in [-0.2, 0) is 0 Å². The Hall–Kier alpha value is -2.93. The van der Waals surface area contributed by atoms with Gasteiger partial charge >= 0.3 is 0 Å². The van der Waals surface area contributed by atoms with Crippen molar-refractivity contribution in [2.24, 2.45) is 16.5 Å². The van der Waals surface area contributed by atoms with E-state index >= 15 is 0 Å². The lowest BCUT2D eigenvalue weighted by Crippen LogP contribution is -2.24. The maximum Gasteiger partial charge on any atom is 0.283 e. The molecule has 1 aliphatic rings. The van der Waals surface area contributed by atoms with Gasteiger partial charge in [0.15, 0.2) is 5.96 Å². The summed E-state index contributed by atoms with van der Waals surface area (Å²) in [7, 11) is 0. The van der Waals surface area contributed by atoms with E-state index in [-0.39, 0.29) is 11.9 Å². The highest BCUT2D eigenvalue weighted by molar-refractivity contribution is 6.35. The van der Waals surface area contributed by atoms with Crippen LogP contribution in [0, 0.1) is 0 Å². The smallest absolute Gasteiger partial charge is 0.283 e. The van der Waals surface area contributed by atoms with Crippen LogP contribution >= 0.6 is 11.6 Å². The topological polar surface area (TPSA) is 112 Å². The molecule has 1 saturated carbocycles. The third-order valence-corrected chi connectivity index (χ3v) is 4.46. The van der Waals surface area contributed by atoms with E-state index in [4.69, 9.17) is 23.1 Å². The molecule has 3 aromatic rings. The molecule has 0 spiro atoms. The minimum atomic E-state index is -0.482. The largest absolute Gasteiger partial charge is 0.370 e. The van der Waals surface area contributed by atoms with E-state index in [9.17, 15) is 4.79 Å². The molecule has 126 valence electrons. The quantitative estimate of drug-likeness (QED) is 0.554. The maximum absolute atomic E-state index is 12.3. The molecule has 0 radical (unpaired) electrons. The fraction of sp³-hybridized carbons (Fsp3) is 0.176. The molecular formula is C17H15ClN6O. The molecule has 2 aromatic heterocycles. The normalized spacial score (nSPS) is 13.8. The lowest BCUT2D eigenvalue weighted by molar-refractivity contribution is 0.100. The van der Waals surface area contributed by atoms with Gasteiger partial charge in [-0.2, -0.15) is 10.1 Å². The van der Waals surface area contributed by atoms with Crippen molar-refractivity contribution in [2.45, 2.75) is 18.8 Å². The monoisotopic (exact) mass is 354 g/mol. The summed E-state index contributed by atoms with van der Waals surface area (Å²) in [5, 5.41) is 5.86. The zero-order valence-electron chi connectivity index (χ0n) is 13.2. The Labute approximate surface area is 148 Å². The molecule has 4 rings (SSSR count). The summed E-state index contributed by atoms with van der Waals surface area (Å²) in [6, 6.07) is 7.43. The van der Waals surface area contributed by atoms with Gasteiger partial charge < -0.3 is 11.5 Å². The molecule has 1 aromatic carbocycles. The highest BCUT2D eigenvalue weighted by Crippen LogP contribution is 2.43. The Morgan fingerprint density at radius 1 is 1.28 bits per heavy atom. The average molecular weight is 355 g/mol. The Balaban J connectivity index is 1.93. The maximum atomic E-state index is 12.3. The average Bonchev–Trinajstić information content (AvgIpc) is 3.33. The third kappa shape index (κ3) is 2.72. The second-order valence-electron chi connectivity index (χ2n) is 5.94. The van der Waals surface area contributed by atoms with Crippen LogP contribution in [0.15, 0.2) is 41.7 Å². The number of amides is 1. The summed E-state index contributed by atoms with van der Waals surface area (Å²) in [5.74, 6) is -0.483. The summed E-state index contributed by atoms with van der Waals surface area (Å²) >= 11 is 6.25. The van der Waals surface area contributed by atoms with Crippen LogP contribution in [0.3, 0.4) is 0 Å². The second-order valence-corrected chi connectivity index (χ2v) is 6.34. The highest BCUT2D eigenvalue weighted by Gasteiger charge is 2.33. The molecule has 1 aliphatic carbocycles. The van der Waals surface area contributed by atoms with Crippen molar-refractivity contribution in [3.8, 4) is 5.69 Å². The van der Waals surface area contributed by atoms with Gasteiger partial charge in [-0.3, -0.25) is 9.78 Å². The Morgan fingerprint density at radius 3 is 2.80 bits per heavy atom. The zero-order valence-corrected chi connectivity index (χ0v) is 13.9. The van der Waals surface area contributed by atoms with Gasteiger partial charge in [-0.15, -0.1) is 0 Å². The molecule has 0 atom stereocenters. The Bertz CT molecular complexity index is 1020. The first-order valence-electron chi connectivity index (χ1n) is 7.81. The molecule has 0 saturated heterocycles. The number of aromatic nitrogens is 3. The number of rotatable bonds is 3. The van der Waals surface area contributed by atoms with E-state index in [1.165, 1.54) is 6.20 Å². The summed E-state index contributed by atoms with van der Waals surface area (Å²) in [5.41, 5.74) is 13.4. The van der Waals surface area contributed by atoms with Crippen molar-refractivity contribution in [1.29, 1.82) is 0 Å². The van der Waals surface area contributed by atoms with Gasteiger partial charge in [-0.05, 0) is 37.1 Å². The van der Waals surface area contributed by atoms with Crippen LogP contribution in [-0.4, -0.2) is 26.6 Å². The minimum absolute atomic E-state index is 0.262. The number of nitrogens with two attached hydrogens (primary N) is 2. The number of aliphatic imine (C=N–C) groups is 1. The zero-order chi connectivity index (χ0) is 17.6. The van der Waals surface area contributed by atoms with E-state index in [1.807, 2.05) is 18.2 Å². The number of pyridine rings is 1. The van der Waals surface area contributed by atoms with Crippen molar-refractivity contribution in [1.82, 2.24) is 14.8 Å². The molecule has 4 N–H and O–H groups in total. The number of hydrogen-bond donors (Lipinski definition) is 2. The summed E-state index contributed by atoms with van der Waals surface area (Å²) in [6.45, 7) is 0. The van der Waals surface area contributed by atoms with Crippen molar-refractivity contribution in [2.75, 3.05) is 0 Å². The summed E-state index contributed by atoms with van der Waals surface area (Å²) < 4.78 is 1.77. The fourth-order valence-corrected chi connectivity index (χ4v) is 3.16. The lowest BCUT2D eigenvalue weighted by Gasteiger charge is -2.11. The van der Waals surface area contributed by atoms with Crippen LogP contribution < -0.4 is 11.5 Å². The number of carbonyl (C=O) groups excluding carboxylic acids is 1. The van der Waals surface area contributed by atoms with Gasteiger partial charge in [-0.1, -0.05) is 11.6 Å². The highest BCUT2D eigenvalue weighted by atomic mass is 35.5. The molecule has 1 amide bonds. The van der Waals surface area contributed by atoms with Crippen LogP contribution in [0.2, 0.25) is 5.02 Å². The van der Waals surface area contributed by atoms with Gasteiger partial charge in [0.2, 0.25) is 0 Å². The molecule has 7 nitrogen and oxygen atoms in total. The predicted octanol–water partition coefficient (Wildman–Crippen LogP) is 2.36. The third-order valence-electron chi connectivity index (χ3n) is 4.16. The number of benzene rings is 1. The van der Waals surface area contributed by atoms with Gasteiger partial charge in [0.05, 0.1) is 33.7 Å². The van der Waals surface area contributed by atoms with Gasteiger partial charge in [0.1, 0.15) is 0 Å². The van der Waals surface area contributed by atoms with Crippen molar-refractivity contribution in [3.63, 3.8) is 0 Å². The van der Waals surface area contributed by atoms with E-state index in [1.54, 1.807) is 16.9 Å². The molecule has 0 bridgehead atoms. The number of carbonyl (C=O) groups is 1. The van der Waals surface area contributed by atoms with Crippen molar-refractivity contribution in [3.05, 3.63) is 52.9 Å². The minimum Gasteiger partial charge on any atom is -0.370 e. The molecular weight excluding hydrogens is 340 g/mol. The molecule has 8 heteroatoms. The molecule has 1 fully saturated rings. The number of halogens is 1. The molecule has 2 heterocycles. The van der Waals surface area contributed by atoms with Gasteiger partial charge in [-0.25, -0.2) is 4.68 Å². The standard InChI is InChI=1S/C17H15ClN6O/c18-12-5-6-13(10-2-1-7-21-14(10)12)24-15(9-3-4-9)11(8-22-24)16(25)23-17(19)20/h1-2,5-9H,3-4H2,(H4,19,20,23,25). The van der Waals surface area contributed by atoms with Crippen LogP contribution in [0.5, 0.6) is 0 Å². The molecule has 0 aliphatic heterocycles. The first kappa shape index (κ1) is 15.6. The fourth-order valence-electron chi connectivity index (χ4n) is 2.95. The number of guanidine groups is 1. The van der Waals surface area contributed by atoms with Crippen molar-refractivity contribution < 1.29 is 4.79 Å². The summed E-state index contributed by atoms with van der Waals surface area (Å²) in [4.78, 5) is 20.3. The number of fused-ring (bicyclic) bond motifs is 1. The predicted molar refractivity (Wildman–Crippen MR) is 96.0 cm³/mol. The summed E-state index contributed by atoms with van der Waals surface area (Å²) in [6.07, 6.45) is 5.20. The Morgan fingerprint density at radius 2 is 2.08 bits per heavy atom. The Kier molecular flexibility index (Phi) is 3.65. The molecule has 0 unspecified atom stereocenters. The van der Waals surface area contributed by atoms with Crippen LogP contribution in [0.25, 0.3) is 16.6 Å². The van der Waals surface area contributed by atoms with Crippen LogP contribution in [0.4, 0.5) is 0 Å². The first-order chi connectivity index (χ1) is 12.1. The van der Waals surface area contributed by atoms with E-state index in [2.05, 4.69) is 15.1 Å². The van der Waals surface area contributed by atoms with E-state index < -0.39 is 5.91 Å². The van der Waals surface area contributed by atoms with Crippen LogP contribution in [0.1, 0.15) is 34.8 Å². The number of hydrogen-bond acceptors (Lipinski definition) is 3. The van der Waals surface area contributed by atoms with E-state index in [0.717, 1.165) is 29.6 Å². The SMILES string of the molecule is NC(N)=NC(=O)c1cnn(-c2ccc(Cl)c3ncccc23)c1C1CC1. The van der Waals surface area contributed by atoms with Crippen molar-refractivity contribution >= 4 is 34.4 Å². The van der Waals surface area contributed by atoms with Gasteiger partial charge in [0, 0.05) is 17.5 Å². The lowest BCUT2D eigenvalue weighted by atomic mass is 10.1. The number of nitrogens with zero attached hydrogens (tertiary/aromatic N) is 4. The first-order valence-corrected chi connectivity index (χ1v) is 8.19. The molecule has 25 heavy (non-hydrogen) atoms. The van der Waals surface area contributed by atoms with Gasteiger partial charge in [0.25, 0.3) is 5.91 Å².